The minimum absolute atomic E-state index is 0.0248. The van der Waals surface area contributed by atoms with Gasteiger partial charge in [-0.05, 0) is 61.7 Å². The van der Waals surface area contributed by atoms with Gasteiger partial charge in [0.25, 0.3) is 5.56 Å². The molecule has 1 aromatic heterocycles. The van der Waals surface area contributed by atoms with Crippen molar-refractivity contribution in [3.8, 4) is 0 Å². The number of aromatic nitrogens is 2. The SMILES string of the molecule is Cc1cc2nc(C(F)(F)F)c(=O)n(C(C)C(=O)NCc3ccc(F)cc3)c2cc1C. The molecule has 1 N–H and O–H groups in total. The Labute approximate surface area is 169 Å². The fourth-order valence-corrected chi connectivity index (χ4v) is 3.09. The molecule has 3 aromatic rings. The lowest BCUT2D eigenvalue weighted by atomic mass is 10.1. The van der Waals surface area contributed by atoms with Gasteiger partial charge >= 0.3 is 6.18 Å². The van der Waals surface area contributed by atoms with Crippen LogP contribution in [0.4, 0.5) is 17.6 Å². The van der Waals surface area contributed by atoms with E-state index in [1.807, 2.05) is 0 Å². The molecule has 158 valence electrons. The first kappa shape index (κ1) is 21.5. The number of rotatable bonds is 4. The normalized spacial score (nSPS) is 12.8. The number of halogens is 4. The molecule has 1 amide bonds. The summed E-state index contributed by atoms with van der Waals surface area (Å²) in [5, 5.41) is 2.57. The molecule has 0 aliphatic carbocycles. The molecule has 1 unspecified atom stereocenters. The van der Waals surface area contributed by atoms with E-state index in [1.54, 1.807) is 19.9 Å². The van der Waals surface area contributed by atoms with Gasteiger partial charge in [-0.25, -0.2) is 9.37 Å². The largest absolute Gasteiger partial charge is 0.438 e. The van der Waals surface area contributed by atoms with E-state index in [2.05, 4.69) is 10.3 Å². The maximum Gasteiger partial charge on any atom is 0.438 e. The van der Waals surface area contributed by atoms with Crippen molar-refractivity contribution in [2.75, 3.05) is 0 Å². The van der Waals surface area contributed by atoms with Crippen molar-refractivity contribution in [1.82, 2.24) is 14.9 Å². The zero-order valence-corrected chi connectivity index (χ0v) is 16.5. The molecular weight excluding hydrogens is 402 g/mol. The van der Waals surface area contributed by atoms with Crippen LogP contribution in [0.3, 0.4) is 0 Å². The molecule has 30 heavy (non-hydrogen) atoms. The minimum Gasteiger partial charge on any atom is -0.350 e. The molecule has 9 heteroatoms. The van der Waals surface area contributed by atoms with Crippen molar-refractivity contribution in [2.24, 2.45) is 0 Å². The molecule has 3 rings (SSSR count). The van der Waals surface area contributed by atoms with Crippen LogP contribution in [-0.4, -0.2) is 15.5 Å². The summed E-state index contributed by atoms with van der Waals surface area (Å²) >= 11 is 0. The molecule has 0 radical (unpaired) electrons. The molecule has 1 atom stereocenters. The van der Waals surface area contributed by atoms with Crippen LogP contribution in [0.1, 0.15) is 35.3 Å². The van der Waals surface area contributed by atoms with Gasteiger partial charge in [0.2, 0.25) is 11.6 Å². The zero-order chi connectivity index (χ0) is 22.2. The first-order chi connectivity index (χ1) is 14.0. The van der Waals surface area contributed by atoms with Crippen molar-refractivity contribution in [3.63, 3.8) is 0 Å². The average molecular weight is 421 g/mol. The summed E-state index contributed by atoms with van der Waals surface area (Å²) in [4.78, 5) is 28.8. The third-order valence-electron chi connectivity index (χ3n) is 4.92. The van der Waals surface area contributed by atoms with Crippen LogP contribution in [0.15, 0.2) is 41.2 Å². The highest BCUT2D eigenvalue weighted by Crippen LogP contribution is 2.28. The smallest absolute Gasteiger partial charge is 0.350 e. The van der Waals surface area contributed by atoms with Crippen LogP contribution >= 0.6 is 0 Å². The van der Waals surface area contributed by atoms with Crippen molar-refractivity contribution in [1.29, 1.82) is 0 Å². The maximum absolute atomic E-state index is 13.4. The summed E-state index contributed by atoms with van der Waals surface area (Å²) in [6, 6.07) is 7.18. The number of nitrogens with zero attached hydrogens (tertiary/aromatic N) is 2. The summed E-state index contributed by atoms with van der Waals surface area (Å²) < 4.78 is 54.0. The van der Waals surface area contributed by atoms with Gasteiger partial charge in [-0.1, -0.05) is 12.1 Å². The van der Waals surface area contributed by atoms with Gasteiger partial charge in [-0.2, -0.15) is 13.2 Å². The van der Waals surface area contributed by atoms with Crippen LogP contribution in [-0.2, 0) is 17.5 Å². The van der Waals surface area contributed by atoms with Gasteiger partial charge in [-0.3, -0.25) is 14.2 Å². The standard InChI is InChI=1S/C21H19F4N3O2/c1-11-8-16-17(9-12(11)2)28(20(30)18(27-16)21(23,24)25)13(3)19(29)26-10-14-4-6-15(22)7-5-14/h4-9,13H,10H2,1-3H3,(H,26,29). The van der Waals surface area contributed by atoms with E-state index in [-0.39, 0.29) is 17.6 Å². The van der Waals surface area contributed by atoms with Gasteiger partial charge in [0.05, 0.1) is 11.0 Å². The van der Waals surface area contributed by atoms with E-state index in [4.69, 9.17) is 0 Å². The maximum atomic E-state index is 13.4. The molecule has 0 saturated carbocycles. The number of fused-ring (bicyclic) bond motifs is 1. The summed E-state index contributed by atoms with van der Waals surface area (Å²) in [6.45, 7) is 4.85. The molecule has 0 saturated heterocycles. The Hall–Kier alpha value is -3.23. The van der Waals surface area contributed by atoms with Crippen molar-refractivity contribution >= 4 is 16.9 Å². The molecule has 0 aliphatic heterocycles. The van der Waals surface area contributed by atoms with Crippen LogP contribution in [0.25, 0.3) is 11.0 Å². The lowest BCUT2D eigenvalue weighted by Gasteiger charge is -2.20. The Morgan fingerprint density at radius 3 is 2.33 bits per heavy atom. The van der Waals surface area contributed by atoms with Crippen molar-refractivity contribution in [3.05, 3.63) is 75.0 Å². The number of aryl methyl sites for hydroxylation is 2. The quantitative estimate of drug-likeness (QED) is 0.647. The zero-order valence-electron chi connectivity index (χ0n) is 16.5. The molecule has 5 nitrogen and oxygen atoms in total. The Morgan fingerprint density at radius 2 is 1.73 bits per heavy atom. The molecular formula is C21H19F4N3O2. The molecule has 2 aromatic carbocycles. The van der Waals surface area contributed by atoms with E-state index >= 15 is 0 Å². The number of carbonyl (C=O) groups excluding carboxylic acids is 1. The average Bonchev–Trinajstić information content (AvgIpc) is 2.67. The number of hydrogen-bond donors (Lipinski definition) is 1. The highest BCUT2D eigenvalue weighted by Gasteiger charge is 2.38. The van der Waals surface area contributed by atoms with E-state index in [0.717, 1.165) is 10.1 Å². The summed E-state index contributed by atoms with van der Waals surface area (Å²) in [5.74, 6) is -1.08. The first-order valence-corrected chi connectivity index (χ1v) is 9.12. The number of benzene rings is 2. The first-order valence-electron chi connectivity index (χ1n) is 9.12. The second kappa shape index (κ2) is 7.89. The second-order valence-electron chi connectivity index (χ2n) is 7.08. The Morgan fingerprint density at radius 1 is 1.13 bits per heavy atom. The predicted molar refractivity (Wildman–Crippen MR) is 103 cm³/mol. The summed E-state index contributed by atoms with van der Waals surface area (Å²) in [6.07, 6.45) is -4.96. The van der Waals surface area contributed by atoms with E-state index in [1.165, 1.54) is 37.3 Å². The topological polar surface area (TPSA) is 64.0 Å². The molecule has 0 spiro atoms. The van der Waals surface area contributed by atoms with E-state index < -0.39 is 35.2 Å². The highest BCUT2D eigenvalue weighted by atomic mass is 19.4. The van der Waals surface area contributed by atoms with E-state index in [0.29, 0.717) is 11.1 Å². The number of carbonyl (C=O) groups is 1. The van der Waals surface area contributed by atoms with Crippen LogP contribution in [0, 0.1) is 19.7 Å². The van der Waals surface area contributed by atoms with Crippen molar-refractivity contribution in [2.45, 2.75) is 39.5 Å². The fourth-order valence-electron chi connectivity index (χ4n) is 3.09. The molecule has 0 fully saturated rings. The number of amides is 1. The van der Waals surface area contributed by atoms with Gasteiger partial charge < -0.3 is 5.32 Å². The van der Waals surface area contributed by atoms with Crippen LogP contribution < -0.4 is 10.9 Å². The Bertz CT molecular complexity index is 1170. The third-order valence-corrected chi connectivity index (χ3v) is 4.92. The van der Waals surface area contributed by atoms with Gasteiger partial charge in [0, 0.05) is 6.54 Å². The number of hydrogen-bond acceptors (Lipinski definition) is 3. The molecule has 1 heterocycles. The number of alkyl halides is 3. The summed E-state index contributed by atoms with van der Waals surface area (Å²) in [5.41, 5.74) is -0.785. The molecule has 0 aliphatic rings. The summed E-state index contributed by atoms with van der Waals surface area (Å²) in [7, 11) is 0. The van der Waals surface area contributed by atoms with Gasteiger partial charge in [0.1, 0.15) is 11.9 Å². The second-order valence-corrected chi connectivity index (χ2v) is 7.08. The minimum atomic E-state index is -4.96. The van der Waals surface area contributed by atoms with Gasteiger partial charge in [0.15, 0.2) is 0 Å². The Kier molecular flexibility index (Phi) is 5.65. The van der Waals surface area contributed by atoms with Gasteiger partial charge in [-0.15, -0.1) is 0 Å². The predicted octanol–water partition coefficient (Wildman–Crippen LogP) is 4.05. The lowest BCUT2D eigenvalue weighted by Crippen LogP contribution is -2.39. The van der Waals surface area contributed by atoms with Crippen LogP contribution in [0.5, 0.6) is 0 Å². The third kappa shape index (κ3) is 4.19. The monoisotopic (exact) mass is 421 g/mol. The highest BCUT2D eigenvalue weighted by molar-refractivity contribution is 5.84. The molecule has 0 bridgehead atoms. The lowest BCUT2D eigenvalue weighted by molar-refractivity contribution is -0.142. The Balaban J connectivity index is 2.04. The van der Waals surface area contributed by atoms with Crippen LogP contribution in [0.2, 0.25) is 0 Å². The van der Waals surface area contributed by atoms with Crippen molar-refractivity contribution < 1.29 is 22.4 Å². The van der Waals surface area contributed by atoms with E-state index in [9.17, 15) is 27.2 Å². The number of nitrogens with one attached hydrogen (secondary N) is 1. The fraction of sp³-hybridized carbons (Fsp3) is 0.286.